The SMILES string of the molecule is O=C(N(CCC1=CCCC1)C1CCNCC1)C(O)(c1ccccc1)C1CCCC1. The third-order valence-electron chi connectivity index (χ3n) is 7.31. The maximum Gasteiger partial charge on any atom is 0.259 e. The maximum absolute atomic E-state index is 14.1. The number of allylic oxidation sites excluding steroid dienone is 1. The van der Waals surface area contributed by atoms with Crippen LogP contribution in [0.15, 0.2) is 42.0 Å². The average molecular weight is 397 g/mol. The molecule has 1 saturated heterocycles. The summed E-state index contributed by atoms with van der Waals surface area (Å²) in [7, 11) is 0. The molecule has 0 radical (unpaired) electrons. The lowest BCUT2D eigenvalue weighted by Crippen LogP contribution is -2.56. The van der Waals surface area contributed by atoms with Crippen LogP contribution in [0.2, 0.25) is 0 Å². The molecule has 1 amide bonds. The lowest BCUT2D eigenvalue weighted by Gasteiger charge is -2.42. The fraction of sp³-hybridized carbons (Fsp3) is 0.640. The van der Waals surface area contributed by atoms with Gasteiger partial charge >= 0.3 is 0 Å². The smallest absolute Gasteiger partial charge is 0.259 e. The van der Waals surface area contributed by atoms with Gasteiger partial charge in [-0.05, 0) is 70.0 Å². The van der Waals surface area contributed by atoms with Crippen molar-refractivity contribution in [1.29, 1.82) is 0 Å². The fourth-order valence-electron chi connectivity index (χ4n) is 5.59. The normalized spacial score (nSPS) is 23.0. The summed E-state index contributed by atoms with van der Waals surface area (Å²) in [6, 6.07) is 9.95. The summed E-state index contributed by atoms with van der Waals surface area (Å²) in [6.07, 6.45) is 12.9. The van der Waals surface area contributed by atoms with Gasteiger partial charge in [-0.1, -0.05) is 54.8 Å². The van der Waals surface area contributed by atoms with Crippen LogP contribution in [-0.4, -0.2) is 41.6 Å². The minimum Gasteiger partial charge on any atom is -0.375 e. The number of carbonyl (C=O) groups is 1. The Bertz CT molecular complexity index is 705. The number of aliphatic hydroxyl groups is 1. The Balaban J connectivity index is 1.63. The molecule has 29 heavy (non-hydrogen) atoms. The second-order valence-electron chi connectivity index (χ2n) is 9.10. The van der Waals surface area contributed by atoms with Gasteiger partial charge in [-0.2, -0.15) is 0 Å². The van der Waals surface area contributed by atoms with Gasteiger partial charge in [0, 0.05) is 18.5 Å². The predicted octanol–water partition coefficient (Wildman–Crippen LogP) is 4.15. The number of carbonyl (C=O) groups excluding carboxylic acids is 1. The summed E-state index contributed by atoms with van der Waals surface area (Å²) in [5.74, 6) is -0.0339. The van der Waals surface area contributed by atoms with E-state index in [2.05, 4.69) is 16.3 Å². The number of rotatable bonds is 7. The lowest BCUT2D eigenvalue weighted by atomic mass is 9.78. The Hall–Kier alpha value is -1.65. The third-order valence-corrected chi connectivity index (χ3v) is 7.31. The van der Waals surface area contributed by atoms with Gasteiger partial charge in [-0.3, -0.25) is 4.79 Å². The monoisotopic (exact) mass is 396 g/mol. The Labute approximate surface area is 175 Å². The first-order valence-corrected chi connectivity index (χ1v) is 11.7. The topological polar surface area (TPSA) is 52.6 Å². The number of benzene rings is 1. The zero-order valence-electron chi connectivity index (χ0n) is 17.6. The van der Waals surface area contributed by atoms with Crippen LogP contribution in [0, 0.1) is 5.92 Å². The lowest BCUT2D eigenvalue weighted by molar-refractivity contribution is -0.162. The highest BCUT2D eigenvalue weighted by Crippen LogP contribution is 2.42. The first kappa shape index (κ1) is 20.6. The van der Waals surface area contributed by atoms with Crippen molar-refractivity contribution in [3.05, 3.63) is 47.5 Å². The standard InChI is InChI=1S/C25H36N2O2/c28-24(25(29,22-12-6-7-13-22)21-10-2-1-3-11-21)27(23-14-17-26-18-15-23)19-16-20-8-4-5-9-20/h1-3,8,10-11,22-23,26,29H,4-7,9,12-19H2. The van der Waals surface area contributed by atoms with Gasteiger partial charge in [0.25, 0.3) is 5.91 Å². The molecule has 1 atom stereocenters. The molecule has 3 aliphatic rings. The highest BCUT2D eigenvalue weighted by Gasteiger charge is 2.49. The van der Waals surface area contributed by atoms with E-state index >= 15 is 0 Å². The molecule has 1 saturated carbocycles. The summed E-state index contributed by atoms with van der Waals surface area (Å²) in [4.78, 5) is 16.2. The Kier molecular flexibility index (Phi) is 6.71. The van der Waals surface area contributed by atoms with Gasteiger partial charge < -0.3 is 15.3 Å². The maximum atomic E-state index is 14.1. The van der Waals surface area contributed by atoms with E-state index in [-0.39, 0.29) is 17.9 Å². The van der Waals surface area contributed by atoms with Crippen LogP contribution in [0.3, 0.4) is 0 Å². The van der Waals surface area contributed by atoms with Crippen molar-refractivity contribution in [1.82, 2.24) is 10.2 Å². The van der Waals surface area contributed by atoms with Crippen LogP contribution in [0.5, 0.6) is 0 Å². The van der Waals surface area contributed by atoms with Gasteiger partial charge in [0.2, 0.25) is 0 Å². The first-order chi connectivity index (χ1) is 14.2. The number of hydrogen-bond donors (Lipinski definition) is 2. The van der Waals surface area contributed by atoms with Crippen LogP contribution in [-0.2, 0) is 10.4 Å². The van der Waals surface area contributed by atoms with Crippen LogP contribution in [0.25, 0.3) is 0 Å². The highest BCUT2D eigenvalue weighted by molar-refractivity contribution is 5.87. The zero-order valence-corrected chi connectivity index (χ0v) is 17.6. The summed E-state index contributed by atoms with van der Waals surface area (Å²) < 4.78 is 0. The van der Waals surface area contributed by atoms with Crippen molar-refractivity contribution >= 4 is 5.91 Å². The van der Waals surface area contributed by atoms with Gasteiger partial charge in [0.1, 0.15) is 0 Å². The Morgan fingerprint density at radius 3 is 2.45 bits per heavy atom. The summed E-state index contributed by atoms with van der Waals surface area (Å²) in [5, 5.41) is 15.4. The molecule has 2 fully saturated rings. The molecule has 4 rings (SSSR count). The second kappa shape index (κ2) is 9.44. The van der Waals surface area contributed by atoms with E-state index in [0.29, 0.717) is 0 Å². The van der Waals surface area contributed by atoms with Crippen molar-refractivity contribution < 1.29 is 9.90 Å². The summed E-state index contributed by atoms with van der Waals surface area (Å²) in [6.45, 7) is 2.63. The van der Waals surface area contributed by atoms with E-state index in [4.69, 9.17) is 0 Å². The van der Waals surface area contributed by atoms with E-state index in [1.807, 2.05) is 30.3 Å². The van der Waals surface area contributed by atoms with E-state index in [0.717, 1.165) is 70.1 Å². The number of piperidine rings is 1. The van der Waals surface area contributed by atoms with E-state index < -0.39 is 5.60 Å². The number of amides is 1. The number of nitrogens with zero attached hydrogens (tertiary/aromatic N) is 1. The third kappa shape index (κ3) is 4.44. The van der Waals surface area contributed by atoms with Crippen LogP contribution in [0.1, 0.15) is 69.8 Å². The fourth-order valence-corrected chi connectivity index (χ4v) is 5.59. The van der Waals surface area contributed by atoms with Gasteiger partial charge in [-0.25, -0.2) is 0 Å². The van der Waals surface area contributed by atoms with Crippen molar-refractivity contribution in [2.45, 2.75) is 75.9 Å². The molecular formula is C25H36N2O2. The van der Waals surface area contributed by atoms with Crippen LogP contribution < -0.4 is 5.32 Å². The minimum absolute atomic E-state index is 0.0207. The molecule has 2 aliphatic carbocycles. The molecule has 158 valence electrons. The summed E-state index contributed by atoms with van der Waals surface area (Å²) >= 11 is 0. The molecule has 1 aromatic rings. The van der Waals surface area contributed by atoms with Crippen molar-refractivity contribution in [3.8, 4) is 0 Å². The average Bonchev–Trinajstić information content (AvgIpc) is 3.49. The van der Waals surface area contributed by atoms with Crippen molar-refractivity contribution in [2.75, 3.05) is 19.6 Å². The largest absolute Gasteiger partial charge is 0.375 e. The molecule has 0 aromatic heterocycles. The summed E-state index contributed by atoms with van der Waals surface area (Å²) in [5.41, 5.74) is 0.865. The molecule has 0 spiro atoms. The van der Waals surface area contributed by atoms with Gasteiger partial charge in [0.15, 0.2) is 5.60 Å². The Morgan fingerprint density at radius 2 is 1.79 bits per heavy atom. The number of nitrogens with one attached hydrogen (secondary N) is 1. The second-order valence-corrected chi connectivity index (χ2v) is 9.10. The van der Waals surface area contributed by atoms with E-state index in [9.17, 15) is 9.90 Å². The molecule has 1 aliphatic heterocycles. The molecular weight excluding hydrogens is 360 g/mol. The predicted molar refractivity (Wildman–Crippen MR) is 116 cm³/mol. The number of hydrogen-bond acceptors (Lipinski definition) is 3. The molecule has 4 nitrogen and oxygen atoms in total. The Morgan fingerprint density at radius 1 is 1.07 bits per heavy atom. The van der Waals surface area contributed by atoms with E-state index in [1.165, 1.54) is 24.8 Å². The highest BCUT2D eigenvalue weighted by atomic mass is 16.3. The van der Waals surface area contributed by atoms with Crippen molar-refractivity contribution in [3.63, 3.8) is 0 Å². The molecule has 2 N–H and O–H groups in total. The van der Waals surface area contributed by atoms with Crippen LogP contribution in [0.4, 0.5) is 0 Å². The van der Waals surface area contributed by atoms with E-state index in [1.54, 1.807) is 0 Å². The molecule has 4 heteroatoms. The zero-order chi connectivity index (χ0) is 20.1. The van der Waals surface area contributed by atoms with Gasteiger partial charge in [-0.15, -0.1) is 0 Å². The molecule has 0 bridgehead atoms. The quantitative estimate of drug-likeness (QED) is 0.681. The van der Waals surface area contributed by atoms with Crippen molar-refractivity contribution in [2.24, 2.45) is 5.92 Å². The molecule has 1 heterocycles. The molecule has 1 aromatic carbocycles. The molecule has 1 unspecified atom stereocenters. The minimum atomic E-state index is -1.40. The first-order valence-electron chi connectivity index (χ1n) is 11.7. The van der Waals surface area contributed by atoms with Gasteiger partial charge in [0.05, 0.1) is 0 Å². The van der Waals surface area contributed by atoms with Crippen LogP contribution >= 0.6 is 0 Å².